The fourth-order valence-corrected chi connectivity index (χ4v) is 8.73. The van der Waals surface area contributed by atoms with Crippen molar-refractivity contribution < 1.29 is 0 Å². The highest BCUT2D eigenvalue weighted by Gasteiger charge is 2.52. The lowest BCUT2D eigenvalue weighted by molar-refractivity contribution is 0.794. The quantitative estimate of drug-likeness (QED) is 0.134. The molecule has 2 aliphatic carbocycles. The largest absolute Gasteiger partial charge is 0.297 e. The second kappa shape index (κ2) is 11.2. The van der Waals surface area contributed by atoms with Crippen molar-refractivity contribution >= 4 is 39.2 Å². The first kappa shape index (κ1) is 29.3. The van der Waals surface area contributed by atoms with E-state index in [0.29, 0.717) is 11.5 Å². The lowest BCUT2D eigenvalue weighted by Crippen LogP contribution is -2.25. The SMILES string of the molecule is C=C(N=C(N=C(C)n1c2ccccc2c2ccc3c(c21)-c1ccccc1C31c2ccccc2-c2ccccc21)c1ccccc1)c1ccccc1. The monoisotopic (exact) mass is 651 g/mol. The van der Waals surface area contributed by atoms with Crippen molar-refractivity contribution in [2.24, 2.45) is 9.98 Å². The summed E-state index contributed by atoms with van der Waals surface area (Å²) >= 11 is 0. The van der Waals surface area contributed by atoms with E-state index in [1.165, 1.54) is 55.3 Å². The number of para-hydroxylation sites is 1. The van der Waals surface area contributed by atoms with Crippen molar-refractivity contribution in [3.05, 3.63) is 210 Å². The lowest BCUT2D eigenvalue weighted by Gasteiger charge is -2.30. The van der Waals surface area contributed by atoms with Crippen LogP contribution in [0.2, 0.25) is 0 Å². The van der Waals surface area contributed by atoms with Crippen LogP contribution in [0.15, 0.2) is 186 Å². The number of benzene rings is 7. The molecule has 1 heterocycles. The van der Waals surface area contributed by atoms with Gasteiger partial charge in [-0.2, -0.15) is 0 Å². The summed E-state index contributed by atoms with van der Waals surface area (Å²) in [5.41, 5.74) is 14.8. The van der Waals surface area contributed by atoms with Crippen molar-refractivity contribution in [3.8, 4) is 22.3 Å². The van der Waals surface area contributed by atoms with Gasteiger partial charge in [0, 0.05) is 21.9 Å². The normalized spacial score (nSPS) is 14.1. The zero-order chi connectivity index (χ0) is 34.1. The van der Waals surface area contributed by atoms with Crippen LogP contribution < -0.4 is 0 Å². The third-order valence-electron chi connectivity index (χ3n) is 10.8. The number of amidine groups is 1. The Labute approximate surface area is 297 Å². The minimum absolute atomic E-state index is 0.427. The predicted octanol–water partition coefficient (Wildman–Crippen LogP) is 11.5. The molecular formula is C48H33N3. The van der Waals surface area contributed by atoms with Crippen LogP contribution in [0.25, 0.3) is 49.8 Å². The fourth-order valence-electron chi connectivity index (χ4n) is 8.73. The summed E-state index contributed by atoms with van der Waals surface area (Å²) in [6, 6.07) is 60.6. The first-order chi connectivity index (χ1) is 25.2. The number of nitrogens with zero attached hydrogens (tertiary/aromatic N) is 3. The maximum atomic E-state index is 5.37. The fraction of sp³-hybridized carbons (Fsp3) is 0.0417. The van der Waals surface area contributed by atoms with Crippen LogP contribution in [0.4, 0.5) is 0 Å². The first-order valence-electron chi connectivity index (χ1n) is 17.5. The summed E-state index contributed by atoms with van der Waals surface area (Å²) in [6.45, 7) is 6.45. The van der Waals surface area contributed by atoms with E-state index in [1.54, 1.807) is 0 Å². The number of aromatic nitrogens is 1. The van der Waals surface area contributed by atoms with E-state index >= 15 is 0 Å². The second-order valence-electron chi connectivity index (χ2n) is 13.4. The molecule has 2 aliphatic rings. The van der Waals surface area contributed by atoms with Crippen LogP contribution >= 0.6 is 0 Å². The number of rotatable bonds is 3. The predicted molar refractivity (Wildman–Crippen MR) is 213 cm³/mol. The van der Waals surface area contributed by atoms with Gasteiger partial charge in [-0.05, 0) is 57.5 Å². The van der Waals surface area contributed by atoms with Gasteiger partial charge in [0.05, 0.1) is 22.1 Å². The van der Waals surface area contributed by atoms with Crippen LogP contribution in [0.5, 0.6) is 0 Å². The first-order valence-corrected chi connectivity index (χ1v) is 17.5. The van der Waals surface area contributed by atoms with Crippen LogP contribution in [0, 0.1) is 0 Å². The zero-order valence-electron chi connectivity index (χ0n) is 28.2. The number of fused-ring (bicyclic) bond motifs is 14. The van der Waals surface area contributed by atoms with Crippen molar-refractivity contribution in [2.75, 3.05) is 0 Å². The molecule has 3 heteroatoms. The van der Waals surface area contributed by atoms with Crippen molar-refractivity contribution in [1.29, 1.82) is 0 Å². The van der Waals surface area contributed by atoms with E-state index in [2.05, 4.69) is 139 Å². The van der Waals surface area contributed by atoms with Gasteiger partial charge < -0.3 is 0 Å². The van der Waals surface area contributed by atoms with E-state index < -0.39 is 5.41 Å². The Hall–Kier alpha value is -6.58. The third-order valence-corrected chi connectivity index (χ3v) is 10.8. The third kappa shape index (κ3) is 4.12. The van der Waals surface area contributed by atoms with Crippen LogP contribution in [0.1, 0.15) is 40.3 Å². The number of aliphatic imine (C=N–C) groups is 2. The molecule has 0 radical (unpaired) electrons. The lowest BCUT2D eigenvalue weighted by atomic mass is 9.70. The van der Waals surface area contributed by atoms with Crippen molar-refractivity contribution in [1.82, 2.24) is 4.57 Å². The molecule has 0 fully saturated rings. The highest BCUT2D eigenvalue weighted by molar-refractivity contribution is 6.21. The van der Waals surface area contributed by atoms with Crippen LogP contribution in [0.3, 0.4) is 0 Å². The van der Waals surface area contributed by atoms with E-state index in [4.69, 9.17) is 9.98 Å². The summed E-state index contributed by atoms with van der Waals surface area (Å²) < 4.78 is 2.36. The Morgan fingerprint density at radius 2 is 1.02 bits per heavy atom. The van der Waals surface area contributed by atoms with Gasteiger partial charge in [0.15, 0.2) is 5.84 Å². The molecule has 0 unspecified atom stereocenters. The van der Waals surface area contributed by atoms with E-state index in [1.807, 2.05) is 48.5 Å². The summed E-state index contributed by atoms with van der Waals surface area (Å²) in [6.07, 6.45) is 0. The van der Waals surface area contributed by atoms with Crippen LogP contribution in [-0.4, -0.2) is 16.2 Å². The minimum Gasteiger partial charge on any atom is -0.297 e. The molecule has 0 N–H and O–H groups in total. The molecule has 0 saturated carbocycles. The molecule has 240 valence electrons. The Bertz CT molecular complexity index is 2720. The van der Waals surface area contributed by atoms with E-state index in [0.717, 1.165) is 28.0 Å². The van der Waals surface area contributed by atoms with Gasteiger partial charge in [-0.3, -0.25) is 4.57 Å². The summed E-state index contributed by atoms with van der Waals surface area (Å²) in [5, 5.41) is 2.40. The maximum absolute atomic E-state index is 5.37. The highest BCUT2D eigenvalue weighted by Crippen LogP contribution is 2.63. The number of hydrogen-bond acceptors (Lipinski definition) is 1. The molecule has 7 aromatic carbocycles. The Balaban J connectivity index is 1.29. The van der Waals surface area contributed by atoms with Gasteiger partial charge in [-0.15, -0.1) is 0 Å². The van der Waals surface area contributed by atoms with Gasteiger partial charge in [-0.1, -0.05) is 170 Å². The molecular weight excluding hydrogens is 619 g/mol. The molecule has 0 atom stereocenters. The summed E-state index contributed by atoms with van der Waals surface area (Å²) in [5.74, 6) is 1.46. The smallest absolute Gasteiger partial charge is 0.161 e. The van der Waals surface area contributed by atoms with E-state index in [9.17, 15) is 0 Å². The van der Waals surface area contributed by atoms with Crippen molar-refractivity contribution in [2.45, 2.75) is 12.3 Å². The van der Waals surface area contributed by atoms with E-state index in [-0.39, 0.29) is 0 Å². The molecule has 8 aromatic rings. The molecule has 0 saturated heterocycles. The van der Waals surface area contributed by atoms with Crippen molar-refractivity contribution in [3.63, 3.8) is 0 Å². The topological polar surface area (TPSA) is 29.6 Å². The molecule has 0 aliphatic heterocycles. The van der Waals surface area contributed by atoms with Gasteiger partial charge in [0.1, 0.15) is 5.84 Å². The van der Waals surface area contributed by atoms with Gasteiger partial charge >= 0.3 is 0 Å². The summed E-state index contributed by atoms with van der Waals surface area (Å²) in [7, 11) is 0. The van der Waals surface area contributed by atoms with Crippen LogP contribution in [-0.2, 0) is 5.41 Å². The number of hydrogen-bond donors (Lipinski definition) is 0. The highest BCUT2D eigenvalue weighted by atomic mass is 15.1. The van der Waals surface area contributed by atoms with Gasteiger partial charge in [0.25, 0.3) is 0 Å². The minimum atomic E-state index is -0.427. The Morgan fingerprint density at radius 1 is 0.490 bits per heavy atom. The Morgan fingerprint density at radius 3 is 1.69 bits per heavy atom. The zero-order valence-corrected chi connectivity index (χ0v) is 28.2. The molecule has 1 aromatic heterocycles. The average molecular weight is 652 g/mol. The molecule has 0 amide bonds. The second-order valence-corrected chi connectivity index (χ2v) is 13.4. The molecule has 0 bridgehead atoms. The van der Waals surface area contributed by atoms with Gasteiger partial charge in [0.2, 0.25) is 0 Å². The molecule has 10 rings (SSSR count). The standard InChI is InChI=1S/C48H33N3/c1-31(33-17-5-3-6-18-33)49-47(34-19-7-4-8-20-34)50-32(2)51-44-28-16-12-23-37(44)38-29-30-43-45(46(38)51)39-24-11-15-27-42(39)48(43)40-25-13-9-21-35(40)36-22-10-14-26-41(36)48/h3-30H,1H2,2H3. The molecule has 3 nitrogen and oxygen atoms in total. The molecule has 1 spiro atoms. The average Bonchev–Trinajstić information content (AvgIpc) is 3.80. The summed E-state index contributed by atoms with van der Waals surface area (Å²) in [4.78, 5) is 10.4. The Kier molecular flexibility index (Phi) is 6.46. The van der Waals surface area contributed by atoms with Gasteiger partial charge in [-0.25, -0.2) is 9.98 Å². The molecule has 51 heavy (non-hydrogen) atoms. The maximum Gasteiger partial charge on any atom is 0.161 e.